The largest absolute Gasteiger partial charge is 0.495 e. The highest BCUT2D eigenvalue weighted by Gasteiger charge is 2.17. The zero-order valence-electron chi connectivity index (χ0n) is 15.8. The number of carbonyl (C=O) groups excluding carboxylic acids is 3. The zero-order chi connectivity index (χ0) is 21.4. The maximum absolute atomic E-state index is 12.2. The van der Waals surface area contributed by atoms with Crippen molar-refractivity contribution in [3.8, 4) is 11.8 Å². The average Bonchev–Trinajstić information content (AvgIpc) is 2.71. The molecule has 0 spiro atoms. The van der Waals surface area contributed by atoms with Gasteiger partial charge in [0.1, 0.15) is 5.75 Å². The first-order chi connectivity index (χ1) is 13.8. The molecule has 2 aromatic carbocycles. The Kier molecular flexibility index (Phi) is 7.57. The number of amides is 2. The molecule has 0 fully saturated rings. The van der Waals surface area contributed by atoms with Crippen LogP contribution in [-0.4, -0.2) is 50.0 Å². The van der Waals surface area contributed by atoms with Gasteiger partial charge in [0, 0.05) is 12.1 Å². The summed E-state index contributed by atoms with van der Waals surface area (Å²) in [6.07, 6.45) is 0. The molecule has 0 aliphatic heterocycles. The Bertz CT molecular complexity index is 954. The van der Waals surface area contributed by atoms with Crippen molar-refractivity contribution >= 4 is 35.1 Å². The van der Waals surface area contributed by atoms with Crippen LogP contribution < -0.4 is 10.1 Å². The van der Waals surface area contributed by atoms with Crippen LogP contribution in [0.25, 0.3) is 0 Å². The van der Waals surface area contributed by atoms with Crippen LogP contribution in [0, 0.1) is 11.3 Å². The molecular weight excluding hydrogens is 398 g/mol. The first-order valence-electron chi connectivity index (χ1n) is 8.38. The van der Waals surface area contributed by atoms with E-state index in [0.29, 0.717) is 22.0 Å². The van der Waals surface area contributed by atoms with Crippen LogP contribution in [0.4, 0.5) is 5.69 Å². The van der Waals surface area contributed by atoms with E-state index in [2.05, 4.69) is 5.32 Å². The molecule has 1 N–H and O–H groups in total. The second-order valence-electron chi connectivity index (χ2n) is 5.91. The predicted octanol–water partition coefficient (Wildman–Crippen LogP) is 2.47. The number of rotatable bonds is 7. The van der Waals surface area contributed by atoms with Gasteiger partial charge in [-0.05, 0) is 42.5 Å². The lowest BCUT2D eigenvalue weighted by atomic mass is 10.1. The lowest BCUT2D eigenvalue weighted by Gasteiger charge is -2.17. The smallest absolute Gasteiger partial charge is 0.338 e. The molecule has 2 amide bonds. The topological polar surface area (TPSA) is 109 Å². The van der Waals surface area contributed by atoms with E-state index in [4.69, 9.17) is 26.3 Å². The van der Waals surface area contributed by atoms with Gasteiger partial charge in [0.25, 0.3) is 5.91 Å². The van der Waals surface area contributed by atoms with Crippen molar-refractivity contribution in [2.24, 2.45) is 0 Å². The number of nitrogens with zero attached hydrogens (tertiary/aromatic N) is 2. The van der Waals surface area contributed by atoms with Crippen LogP contribution in [0.1, 0.15) is 15.9 Å². The molecule has 29 heavy (non-hydrogen) atoms. The number of methoxy groups -OCH3 is 1. The molecule has 0 saturated heterocycles. The Balaban J connectivity index is 1.86. The third-order valence-electron chi connectivity index (χ3n) is 3.82. The summed E-state index contributed by atoms with van der Waals surface area (Å²) in [4.78, 5) is 37.4. The number of hydrogen-bond donors (Lipinski definition) is 1. The fourth-order valence-electron chi connectivity index (χ4n) is 2.27. The van der Waals surface area contributed by atoms with Crippen LogP contribution in [0.5, 0.6) is 5.75 Å². The van der Waals surface area contributed by atoms with Gasteiger partial charge in [-0.3, -0.25) is 9.59 Å². The minimum absolute atomic E-state index is 0.213. The third kappa shape index (κ3) is 6.23. The predicted molar refractivity (Wildman–Crippen MR) is 106 cm³/mol. The van der Waals surface area contributed by atoms with Crippen LogP contribution in [0.3, 0.4) is 0 Å². The maximum atomic E-state index is 12.2. The SMILES string of the molecule is COc1ccc(Cl)cc1NC(=O)CN(C)C(=O)COC(=O)c1ccc(C#N)cc1. The second-order valence-corrected chi connectivity index (χ2v) is 6.34. The van der Waals surface area contributed by atoms with Gasteiger partial charge in [-0.2, -0.15) is 5.26 Å². The Morgan fingerprint density at radius 1 is 1.17 bits per heavy atom. The first-order valence-corrected chi connectivity index (χ1v) is 8.76. The van der Waals surface area contributed by atoms with Gasteiger partial charge in [-0.25, -0.2) is 4.79 Å². The molecule has 2 rings (SSSR count). The maximum Gasteiger partial charge on any atom is 0.338 e. The van der Waals surface area contributed by atoms with Gasteiger partial charge in [0.05, 0.1) is 36.5 Å². The number of esters is 1. The summed E-state index contributed by atoms with van der Waals surface area (Å²) in [6.45, 7) is -0.786. The van der Waals surface area contributed by atoms with E-state index in [9.17, 15) is 14.4 Å². The number of ether oxygens (including phenoxy) is 2. The molecule has 0 aromatic heterocycles. The summed E-state index contributed by atoms with van der Waals surface area (Å²) in [5.74, 6) is -1.31. The number of carbonyl (C=O) groups is 3. The molecule has 0 heterocycles. The number of nitrogens with one attached hydrogen (secondary N) is 1. The van der Waals surface area contributed by atoms with Crippen molar-refractivity contribution in [2.75, 3.05) is 32.6 Å². The Morgan fingerprint density at radius 3 is 2.48 bits per heavy atom. The van der Waals surface area contributed by atoms with E-state index in [1.54, 1.807) is 12.1 Å². The molecular formula is C20H18ClN3O5. The van der Waals surface area contributed by atoms with Crippen LogP contribution in [0.15, 0.2) is 42.5 Å². The molecule has 0 unspecified atom stereocenters. The van der Waals surface area contributed by atoms with E-state index in [1.165, 1.54) is 44.5 Å². The highest BCUT2D eigenvalue weighted by molar-refractivity contribution is 6.31. The van der Waals surface area contributed by atoms with Gasteiger partial charge in [-0.1, -0.05) is 11.6 Å². The lowest BCUT2D eigenvalue weighted by molar-refractivity contribution is -0.136. The number of anilines is 1. The third-order valence-corrected chi connectivity index (χ3v) is 4.05. The number of likely N-dealkylation sites (N-methyl/N-ethyl adjacent to an activating group) is 1. The summed E-state index contributed by atoms with van der Waals surface area (Å²) in [5, 5.41) is 11.8. The Hall–Kier alpha value is -3.57. The molecule has 2 aromatic rings. The standard InChI is InChI=1S/C20H18ClN3O5/c1-24(11-18(25)23-16-9-15(21)7-8-17(16)28-2)19(26)12-29-20(27)14-5-3-13(10-22)4-6-14/h3-9H,11-12H2,1-2H3,(H,23,25). The Labute approximate surface area is 172 Å². The molecule has 9 heteroatoms. The average molecular weight is 416 g/mol. The number of benzene rings is 2. The minimum atomic E-state index is -0.704. The van der Waals surface area contributed by atoms with Crippen molar-refractivity contribution in [1.29, 1.82) is 5.26 Å². The molecule has 0 aliphatic rings. The fraction of sp³-hybridized carbons (Fsp3) is 0.200. The molecule has 0 atom stereocenters. The minimum Gasteiger partial charge on any atom is -0.495 e. The van der Waals surface area contributed by atoms with Gasteiger partial charge >= 0.3 is 5.97 Å². The van der Waals surface area contributed by atoms with Crippen molar-refractivity contribution in [3.05, 3.63) is 58.6 Å². The highest BCUT2D eigenvalue weighted by atomic mass is 35.5. The van der Waals surface area contributed by atoms with E-state index in [-0.39, 0.29) is 12.1 Å². The summed E-state index contributed by atoms with van der Waals surface area (Å²) >= 11 is 5.92. The van der Waals surface area contributed by atoms with Gasteiger partial charge < -0.3 is 19.7 Å². The molecule has 0 radical (unpaired) electrons. The van der Waals surface area contributed by atoms with Crippen LogP contribution in [-0.2, 0) is 14.3 Å². The zero-order valence-corrected chi connectivity index (χ0v) is 16.5. The highest BCUT2D eigenvalue weighted by Crippen LogP contribution is 2.27. The molecule has 8 nitrogen and oxygen atoms in total. The van der Waals surface area contributed by atoms with Crippen LogP contribution in [0.2, 0.25) is 5.02 Å². The lowest BCUT2D eigenvalue weighted by Crippen LogP contribution is -2.37. The van der Waals surface area contributed by atoms with Gasteiger partial charge in [-0.15, -0.1) is 0 Å². The van der Waals surface area contributed by atoms with E-state index >= 15 is 0 Å². The molecule has 0 bridgehead atoms. The van der Waals surface area contributed by atoms with Crippen molar-refractivity contribution in [3.63, 3.8) is 0 Å². The van der Waals surface area contributed by atoms with E-state index in [1.807, 2.05) is 6.07 Å². The number of hydrogen-bond acceptors (Lipinski definition) is 6. The first kappa shape index (κ1) is 21.7. The summed E-state index contributed by atoms with van der Waals surface area (Å²) < 4.78 is 10.1. The summed E-state index contributed by atoms with van der Waals surface area (Å²) in [6, 6.07) is 12.5. The summed E-state index contributed by atoms with van der Waals surface area (Å²) in [5.41, 5.74) is 0.989. The quantitative estimate of drug-likeness (QED) is 0.696. The normalized spacial score (nSPS) is 9.86. The monoisotopic (exact) mass is 415 g/mol. The van der Waals surface area contributed by atoms with Crippen molar-refractivity contribution in [2.45, 2.75) is 0 Å². The fourth-order valence-corrected chi connectivity index (χ4v) is 2.44. The number of halogens is 1. The van der Waals surface area contributed by atoms with E-state index in [0.717, 1.165) is 4.90 Å². The second kappa shape index (κ2) is 10.1. The van der Waals surface area contributed by atoms with Crippen LogP contribution >= 0.6 is 11.6 Å². The summed E-state index contributed by atoms with van der Waals surface area (Å²) in [7, 11) is 2.86. The molecule has 150 valence electrons. The Morgan fingerprint density at radius 2 is 1.86 bits per heavy atom. The molecule has 0 saturated carbocycles. The van der Waals surface area contributed by atoms with E-state index < -0.39 is 24.4 Å². The van der Waals surface area contributed by atoms with Crippen molar-refractivity contribution < 1.29 is 23.9 Å². The number of nitriles is 1. The van der Waals surface area contributed by atoms with Crippen molar-refractivity contribution in [1.82, 2.24) is 4.90 Å². The molecule has 0 aliphatic carbocycles. The van der Waals surface area contributed by atoms with Gasteiger partial charge in [0.2, 0.25) is 5.91 Å². The van der Waals surface area contributed by atoms with Gasteiger partial charge in [0.15, 0.2) is 6.61 Å².